The molecule has 0 fully saturated rings. The van der Waals surface area contributed by atoms with E-state index in [1.54, 1.807) is 18.2 Å². The molecule has 1 unspecified atom stereocenters. The van der Waals surface area contributed by atoms with Crippen LogP contribution in [-0.2, 0) is 23.2 Å². The van der Waals surface area contributed by atoms with E-state index in [4.69, 9.17) is 10.1 Å². The number of fused-ring (bicyclic) bond motifs is 1. The predicted octanol–water partition coefficient (Wildman–Crippen LogP) is 2.35. The Kier molecular flexibility index (Phi) is 4.64. The number of sulfonamides is 1. The van der Waals surface area contributed by atoms with Crippen molar-refractivity contribution in [1.29, 1.82) is 0 Å². The average molecular weight is 359 g/mol. The molecule has 0 aliphatic rings. The molecule has 1 heterocycles. The van der Waals surface area contributed by atoms with Crippen molar-refractivity contribution >= 4 is 21.1 Å². The second kappa shape index (κ2) is 6.59. The number of hydrogen-bond donors (Lipinski definition) is 2. The molecule has 0 amide bonds. The molecule has 0 spiro atoms. The van der Waals surface area contributed by atoms with Crippen molar-refractivity contribution in [1.82, 2.24) is 9.55 Å². The Morgan fingerprint density at radius 1 is 1.24 bits per heavy atom. The van der Waals surface area contributed by atoms with Crippen molar-refractivity contribution in [2.45, 2.75) is 37.8 Å². The van der Waals surface area contributed by atoms with Crippen molar-refractivity contribution in [2.75, 3.05) is 0 Å². The summed E-state index contributed by atoms with van der Waals surface area (Å²) < 4.78 is 25.9. The minimum Gasteiger partial charge on any atom is -0.392 e. The van der Waals surface area contributed by atoms with E-state index < -0.39 is 10.0 Å². The number of aliphatic hydroxyl groups excluding tert-OH is 1. The van der Waals surface area contributed by atoms with Gasteiger partial charge in [-0.15, -0.1) is 0 Å². The van der Waals surface area contributed by atoms with E-state index in [9.17, 15) is 13.5 Å². The van der Waals surface area contributed by atoms with Crippen molar-refractivity contribution in [3.8, 4) is 0 Å². The molecular weight excluding hydrogens is 338 g/mol. The van der Waals surface area contributed by atoms with Crippen molar-refractivity contribution in [3.63, 3.8) is 0 Å². The van der Waals surface area contributed by atoms with Crippen LogP contribution in [0.2, 0.25) is 0 Å². The lowest BCUT2D eigenvalue weighted by molar-refractivity contribution is 0.282. The summed E-state index contributed by atoms with van der Waals surface area (Å²) in [6.45, 7) is 4.57. The van der Waals surface area contributed by atoms with E-state index in [-0.39, 0.29) is 17.4 Å². The molecule has 0 bridgehead atoms. The summed E-state index contributed by atoms with van der Waals surface area (Å²) in [5.41, 5.74) is 3.17. The number of nitrogens with zero attached hydrogens (tertiary/aromatic N) is 2. The summed E-state index contributed by atoms with van der Waals surface area (Å²) in [6.07, 6.45) is 0. The molecule has 1 aromatic heterocycles. The number of hydrogen-bond acceptors (Lipinski definition) is 4. The Morgan fingerprint density at radius 2 is 1.96 bits per heavy atom. The maximum atomic E-state index is 11.9. The molecule has 25 heavy (non-hydrogen) atoms. The first-order chi connectivity index (χ1) is 11.9. The summed E-state index contributed by atoms with van der Waals surface area (Å²) in [5, 5.41) is 14.7. The predicted molar refractivity (Wildman–Crippen MR) is 96.7 cm³/mol. The number of aliphatic hydroxyl groups is 1. The van der Waals surface area contributed by atoms with Gasteiger partial charge in [-0.25, -0.2) is 18.5 Å². The third-order valence-electron chi connectivity index (χ3n) is 4.42. The summed E-state index contributed by atoms with van der Waals surface area (Å²) >= 11 is 0. The van der Waals surface area contributed by atoms with Gasteiger partial charge in [0.05, 0.1) is 22.5 Å². The molecule has 6 nitrogen and oxygen atoms in total. The molecule has 1 atom stereocenters. The number of benzene rings is 2. The normalized spacial score (nSPS) is 13.3. The zero-order valence-corrected chi connectivity index (χ0v) is 15.0. The van der Waals surface area contributed by atoms with Gasteiger partial charge in [0.25, 0.3) is 0 Å². The first-order valence-corrected chi connectivity index (χ1v) is 9.63. The Hall–Kier alpha value is -2.22. The molecule has 0 radical (unpaired) electrons. The molecular formula is C18H21N3O3S. The highest BCUT2D eigenvalue weighted by molar-refractivity contribution is 7.89. The molecule has 0 aliphatic heterocycles. The second-order valence-corrected chi connectivity index (χ2v) is 7.53. The van der Waals surface area contributed by atoms with Gasteiger partial charge < -0.3 is 9.67 Å². The van der Waals surface area contributed by atoms with Crippen LogP contribution in [-0.4, -0.2) is 23.1 Å². The van der Waals surface area contributed by atoms with Crippen LogP contribution in [0.5, 0.6) is 0 Å². The molecule has 7 heteroatoms. The Bertz CT molecular complexity index is 1030. The van der Waals surface area contributed by atoms with Gasteiger partial charge in [0.1, 0.15) is 5.82 Å². The van der Waals surface area contributed by atoms with Crippen molar-refractivity contribution in [3.05, 3.63) is 59.4 Å². The fraction of sp³-hybridized carbons (Fsp3) is 0.278. The van der Waals surface area contributed by atoms with E-state index in [0.29, 0.717) is 12.1 Å². The topological polar surface area (TPSA) is 98.2 Å². The molecule has 2 aromatic carbocycles. The second-order valence-electron chi connectivity index (χ2n) is 6.00. The van der Waals surface area contributed by atoms with E-state index in [2.05, 4.69) is 0 Å². The lowest BCUT2D eigenvalue weighted by Crippen LogP contribution is -2.17. The molecule has 0 saturated carbocycles. The Morgan fingerprint density at radius 3 is 2.60 bits per heavy atom. The van der Waals surface area contributed by atoms with Crippen LogP contribution in [0.4, 0.5) is 0 Å². The van der Waals surface area contributed by atoms with Gasteiger partial charge in [-0.3, -0.25) is 0 Å². The highest BCUT2D eigenvalue weighted by Crippen LogP contribution is 2.31. The minimum absolute atomic E-state index is 0.0377. The van der Waals surface area contributed by atoms with Crippen LogP contribution < -0.4 is 5.14 Å². The summed E-state index contributed by atoms with van der Waals surface area (Å²) in [5.74, 6) is 0.517. The summed E-state index contributed by atoms with van der Waals surface area (Å²) in [7, 11) is -3.82. The lowest BCUT2D eigenvalue weighted by atomic mass is 10.0. The first-order valence-electron chi connectivity index (χ1n) is 8.08. The number of primary sulfonamides is 1. The van der Waals surface area contributed by atoms with Crippen molar-refractivity contribution < 1.29 is 13.5 Å². The maximum absolute atomic E-state index is 11.9. The van der Waals surface area contributed by atoms with Gasteiger partial charge in [0.2, 0.25) is 10.0 Å². The van der Waals surface area contributed by atoms with E-state index in [1.165, 1.54) is 6.07 Å². The van der Waals surface area contributed by atoms with Crippen molar-refractivity contribution in [2.24, 2.45) is 5.14 Å². The third-order valence-corrected chi connectivity index (χ3v) is 5.41. The van der Waals surface area contributed by atoms with Gasteiger partial charge in [-0.05, 0) is 36.2 Å². The van der Waals surface area contributed by atoms with Gasteiger partial charge in [0, 0.05) is 12.5 Å². The van der Waals surface area contributed by atoms with E-state index >= 15 is 0 Å². The minimum atomic E-state index is -3.82. The van der Waals surface area contributed by atoms with E-state index in [0.717, 1.165) is 22.4 Å². The SMILES string of the molecule is CCn1c(C(C)c2ccccc2S(N)(=O)=O)nc2ccc(CO)cc21. The number of imidazole rings is 1. The summed E-state index contributed by atoms with van der Waals surface area (Å²) in [6, 6.07) is 12.4. The van der Waals surface area contributed by atoms with Gasteiger partial charge >= 0.3 is 0 Å². The largest absolute Gasteiger partial charge is 0.392 e. The zero-order chi connectivity index (χ0) is 18.2. The Balaban J connectivity index is 2.20. The number of nitrogens with two attached hydrogens (primary N) is 1. The maximum Gasteiger partial charge on any atom is 0.238 e. The molecule has 0 aliphatic carbocycles. The molecule has 3 rings (SSSR count). The first kappa shape index (κ1) is 17.6. The smallest absolute Gasteiger partial charge is 0.238 e. The van der Waals surface area contributed by atoms with Crippen LogP contribution >= 0.6 is 0 Å². The summed E-state index contributed by atoms with van der Waals surface area (Å²) in [4.78, 5) is 4.82. The molecule has 0 saturated heterocycles. The van der Waals surface area contributed by atoms with E-state index in [1.807, 2.05) is 36.6 Å². The number of aromatic nitrogens is 2. The van der Waals surface area contributed by atoms with Gasteiger partial charge in [-0.2, -0.15) is 0 Å². The lowest BCUT2D eigenvalue weighted by Gasteiger charge is -2.16. The monoisotopic (exact) mass is 359 g/mol. The van der Waals surface area contributed by atoms with Crippen LogP contribution in [0.1, 0.15) is 36.7 Å². The molecule has 132 valence electrons. The fourth-order valence-corrected chi connectivity index (χ4v) is 4.03. The quantitative estimate of drug-likeness (QED) is 0.730. The number of rotatable bonds is 5. The van der Waals surface area contributed by atoms with Crippen LogP contribution in [0.3, 0.4) is 0 Å². The highest BCUT2D eigenvalue weighted by atomic mass is 32.2. The third kappa shape index (κ3) is 3.18. The fourth-order valence-electron chi connectivity index (χ4n) is 3.18. The number of aryl methyl sites for hydroxylation is 1. The standard InChI is InChI=1S/C18H21N3O3S/c1-3-21-16-10-13(11-22)8-9-15(16)20-18(21)12(2)14-6-4-5-7-17(14)25(19,23)24/h4-10,12,22H,3,11H2,1-2H3,(H2,19,23,24). The molecule has 3 aromatic rings. The van der Waals surface area contributed by atoms with Crippen LogP contribution in [0, 0.1) is 0 Å². The van der Waals surface area contributed by atoms with Gasteiger partial charge in [0.15, 0.2) is 0 Å². The zero-order valence-electron chi connectivity index (χ0n) is 14.2. The molecule has 3 N–H and O–H groups in total. The Labute approximate surface area is 147 Å². The van der Waals surface area contributed by atoms with Crippen LogP contribution in [0.15, 0.2) is 47.4 Å². The average Bonchev–Trinajstić information content (AvgIpc) is 2.97. The van der Waals surface area contributed by atoms with Gasteiger partial charge in [-0.1, -0.05) is 31.2 Å². The highest BCUT2D eigenvalue weighted by Gasteiger charge is 2.23. The van der Waals surface area contributed by atoms with Crippen LogP contribution in [0.25, 0.3) is 11.0 Å².